The molecule has 1 aliphatic heterocycles. The maximum absolute atomic E-state index is 11.4. The number of phenolic OH excluding ortho intramolecular Hbond substituents is 1. The number of carbonyl (C=O) groups excluding carboxylic acids is 2. The number of aromatic hydroxyl groups is 1. The molecule has 1 aromatic rings. The van der Waals surface area contributed by atoms with Crippen molar-refractivity contribution in [3.63, 3.8) is 0 Å². The van der Waals surface area contributed by atoms with Gasteiger partial charge in [0.25, 0.3) is 0 Å². The van der Waals surface area contributed by atoms with Gasteiger partial charge < -0.3 is 19.3 Å². The Labute approximate surface area is 128 Å². The zero-order valence-corrected chi connectivity index (χ0v) is 12.4. The highest BCUT2D eigenvalue weighted by molar-refractivity contribution is 5.67. The Kier molecular flexibility index (Phi) is 5.04. The molecule has 6 heteroatoms. The predicted octanol–water partition coefficient (Wildman–Crippen LogP) is 1.88. The fourth-order valence-corrected chi connectivity index (χ4v) is 2.37. The van der Waals surface area contributed by atoms with E-state index < -0.39 is 24.1 Å². The minimum Gasteiger partial charge on any atom is -0.508 e. The number of carbonyl (C=O) groups is 2. The number of para-hydroxylation sites is 1. The van der Waals surface area contributed by atoms with Crippen molar-refractivity contribution in [1.82, 2.24) is 0 Å². The Morgan fingerprint density at radius 1 is 1.23 bits per heavy atom. The lowest BCUT2D eigenvalue weighted by atomic mass is 9.88. The van der Waals surface area contributed by atoms with E-state index in [9.17, 15) is 14.7 Å². The van der Waals surface area contributed by atoms with Crippen LogP contribution >= 0.6 is 0 Å². The van der Waals surface area contributed by atoms with E-state index in [0.717, 1.165) is 0 Å². The van der Waals surface area contributed by atoms with Crippen LogP contribution in [0.3, 0.4) is 0 Å². The molecule has 3 atom stereocenters. The molecule has 0 saturated carbocycles. The summed E-state index contributed by atoms with van der Waals surface area (Å²) in [5.41, 5.74) is 0.612. The maximum Gasteiger partial charge on any atom is 0.303 e. The molecule has 1 aromatic carbocycles. The molecular weight excluding hydrogens is 288 g/mol. The number of esters is 2. The van der Waals surface area contributed by atoms with Gasteiger partial charge in [-0.3, -0.25) is 9.59 Å². The first kappa shape index (κ1) is 15.9. The number of hydrogen-bond donors (Lipinski definition) is 1. The van der Waals surface area contributed by atoms with E-state index in [4.69, 9.17) is 14.2 Å². The summed E-state index contributed by atoms with van der Waals surface area (Å²) in [7, 11) is 0. The maximum atomic E-state index is 11.4. The first-order valence-corrected chi connectivity index (χ1v) is 6.89. The van der Waals surface area contributed by atoms with Crippen LogP contribution in [0.25, 0.3) is 0 Å². The van der Waals surface area contributed by atoms with E-state index in [1.165, 1.54) is 20.1 Å². The smallest absolute Gasteiger partial charge is 0.303 e. The molecule has 0 spiro atoms. The van der Waals surface area contributed by atoms with Gasteiger partial charge in [-0.05, 0) is 12.1 Å². The second kappa shape index (κ2) is 6.98. The van der Waals surface area contributed by atoms with Crippen LogP contribution in [0.4, 0.5) is 0 Å². The number of rotatable bonds is 4. The molecule has 118 valence electrons. The minimum absolute atomic E-state index is 0.0400. The summed E-state index contributed by atoms with van der Waals surface area (Å²) in [4.78, 5) is 22.4. The number of ether oxygens (including phenoxy) is 3. The molecule has 0 aromatic heterocycles. The van der Waals surface area contributed by atoms with Gasteiger partial charge in [-0.25, -0.2) is 0 Å². The molecule has 0 unspecified atom stereocenters. The van der Waals surface area contributed by atoms with Crippen molar-refractivity contribution in [2.24, 2.45) is 0 Å². The first-order chi connectivity index (χ1) is 10.5. The van der Waals surface area contributed by atoms with Crippen molar-refractivity contribution in [3.8, 4) is 5.75 Å². The zero-order valence-electron chi connectivity index (χ0n) is 12.4. The molecule has 0 aliphatic carbocycles. The average molecular weight is 306 g/mol. The van der Waals surface area contributed by atoms with Crippen LogP contribution in [0, 0.1) is 0 Å². The molecule has 1 N–H and O–H groups in total. The van der Waals surface area contributed by atoms with Gasteiger partial charge in [-0.15, -0.1) is 0 Å². The standard InChI is InChI=1S/C16H18O6/c1-10(17)21-9-15-16(22-11(2)18)13(7-8-20-15)12-5-3-4-6-14(12)19/h3-8,13,15-16,19H,9H2,1-2H3/t13-,15-,16+/m1/s1. The molecule has 1 aliphatic rings. The summed E-state index contributed by atoms with van der Waals surface area (Å²) in [6.45, 7) is 2.55. The Hall–Kier alpha value is -2.50. The summed E-state index contributed by atoms with van der Waals surface area (Å²) < 4.78 is 15.7. The van der Waals surface area contributed by atoms with E-state index >= 15 is 0 Å². The van der Waals surface area contributed by atoms with Crippen molar-refractivity contribution in [2.45, 2.75) is 32.0 Å². The van der Waals surface area contributed by atoms with Crippen molar-refractivity contribution < 1.29 is 28.9 Å². The Morgan fingerprint density at radius 3 is 2.59 bits per heavy atom. The number of hydrogen-bond acceptors (Lipinski definition) is 6. The summed E-state index contributed by atoms with van der Waals surface area (Å²) in [6.07, 6.45) is 1.83. The van der Waals surface area contributed by atoms with Crippen LogP contribution in [-0.2, 0) is 23.8 Å². The summed E-state index contributed by atoms with van der Waals surface area (Å²) in [5, 5.41) is 10.0. The van der Waals surface area contributed by atoms with E-state index in [-0.39, 0.29) is 18.3 Å². The van der Waals surface area contributed by atoms with Crippen LogP contribution in [0.1, 0.15) is 25.3 Å². The lowest BCUT2D eigenvalue weighted by Gasteiger charge is -2.34. The Balaban J connectivity index is 2.28. The third-order valence-corrected chi connectivity index (χ3v) is 3.31. The van der Waals surface area contributed by atoms with Crippen molar-refractivity contribution >= 4 is 11.9 Å². The third kappa shape index (κ3) is 3.78. The molecule has 6 nitrogen and oxygen atoms in total. The molecule has 2 rings (SSSR count). The van der Waals surface area contributed by atoms with Crippen LogP contribution < -0.4 is 0 Å². The van der Waals surface area contributed by atoms with Gasteiger partial charge >= 0.3 is 11.9 Å². The van der Waals surface area contributed by atoms with Crippen molar-refractivity contribution in [1.29, 1.82) is 0 Å². The fourth-order valence-electron chi connectivity index (χ4n) is 2.37. The van der Waals surface area contributed by atoms with E-state index in [1.807, 2.05) is 0 Å². The molecule has 0 saturated heterocycles. The summed E-state index contributed by atoms with van der Waals surface area (Å²) in [5.74, 6) is -1.21. The van der Waals surface area contributed by atoms with Crippen LogP contribution in [0.5, 0.6) is 5.75 Å². The Bertz CT molecular complexity index is 580. The largest absolute Gasteiger partial charge is 0.508 e. The van der Waals surface area contributed by atoms with Gasteiger partial charge in [0.1, 0.15) is 12.4 Å². The second-order valence-corrected chi connectivity index (χ2v) is 4.96. The van der Waals surface area contributed by atoms with Gasteiger partial charge in [0, 0.05) is 25.3 Å². The predicted molar refractivity (Wildman–Crippen MR) is 77.0 cm³/mol. The van der Waals surface area contributed by atoms with E-state index in [0.29, 0.717) is 5.56 Å². The molecule has 0 bridgehead atoms. The lowest BCUT2D eigenvalue weighted by Crippen LogP contribution is -2.42. The van der Waals surface area contributed by atoms with E-state index in [1.54, 1.807) is 30.3 Å². The van der Waals surface area contributed by atoms with Gasteiger partial charge in [0.15, 0.2) is 12.2 Å². The highest BCUT2D eigenvalue weighted by atomic mass is 16.6. The minimum atomic E-state index is -0.699. The SMILES string of the molecule is CC(=O)OC[C@H]1OC=C[C@H](c2ccccc2O)[C@@H]1OC(C)=O. The molecular formula is C16H18O6. The van der Waals surface area contributed by atoms with E-state index in [2.05, 4.69) is 0 Å². The lowest BCUT2D eigenvalue weighted by molar-refractivity contribution is -0.161. The average Bonchev–Trinajstić information content (AvgIpc) is 2.46. The van der Waals surface area contributed by atoms with Crippen LogP contribution in [0.2, 0.25) is 0 Å². The number of phenols is 1. The second-order valence-electron chi connectivity index (χ2n) is 4.96. The van der Waals surface area contributed by atoms with Gasteiger partial charge in [-0.2, -0.15) is 0 Å². The monoisotopic (exact) mass is 306 g/mol. The molecule has 1 heterocycles. The first-order valence-electron chi connectivity index (χ1n) is 6.89. The quantitative estimate of drug-likeness (QED) is 0.855. The summed E-state index contributed by atoms with van der Waals surface area (Å²) in [6, 6.07) is 6.79. The summed E-state index contributed by atoms with van der Waals surface area (Å²) >= 11 is 0. The normalized spacial score (nSPS) is 23.5. The zero-order chi connectivity index (χ0) is 16.1. The topological polar surface area (TPSA) is 82.1 Å². The molecule has 0 radical (unpaired) electrons. The molecule has 22 heavy (non-hydrogen) atoms. The van der Waals surface area contributed by atoms with Gasteiger partial charge in [0.2, 0.25) is 0 Å². The molecule has 0 fully saturated rings. The van der Waals surface area contributed by atoms with Gasteiger partial charge in [-0.1, -0.05) is 18.2 Å². The fraction of sp³-hybridized carbons (Fsp3) is 0.375. The highest BCUT2D eigenvalue weighted by Gasteiger charge is 2.37. The third-order valence-electron chi connectivity index (χ3n) is 3.31. The number of benzene rings is 1. The molecule has 0 amide bonds. The van der Waals surface area contributed by atoms with Crippen LogP contribution in [0.15, 0.2) is 36.6 Å². The highest BCUT2D eigenvalue weighted by Crippen LogP contribution is 2.35. The van der Waals surface area contributed by atoms with Crippen LogP contribution in [-0.4, -0.2) is 35.9 Å². The van der Waals surface area contributed by atoms with Gasteiger partial charge in [0.05, 0.1) is 6.26 Å². The van der Waals surface area contributed by atoms with Crippen molar-refractivity contribution in [3.05, 3.63) is 42.2 Å². The Morgan fingerprint density at radius 2 is 1.95 bits per heavy atom. The van der Waals surface area contributed by atoms with Crippen molar-refractivity contribution in [2.75, 3.05) is 6.61 Å².